The van der Waals surface area contributed by atoms with Crippen LogP contribution in [0.3, 0.4) is 0 Å². The molecule has 2 aliphatic rings. The van der Waals surface area contributed by atoms with Gasteiger partial charge in [-0.2, -0.15) is 0 Å². The van der Waals surface area contributed by atoms with Crippen LogP contribution in [0.1, 0.15) is 25.7 Å². The van der Waals surface area contributed by atoms with Crippen LogP contribution in [-0.4, -0.2) is 70.3 Å². The van der Waals surface area contributed by atoms with Crippen molar-refractivity contribution in [2.75, 3.05) is 44.8 Å². The highest BCUT2D eigenvalue weighted by Gasteiger charge is 2.24. The molecule has 0 saturated carbocycles. The summed E-state index contributed by atoms with van der Waals surface area (Å²) in [5.41, 5.74) is 0. The van der Waals surface area contributed by atoms with Crippen LogP contribution in [0.2, 0.25) is 0 Å². The van der Waals surface area contributed by atoms with Crippen molar-refractivity contribution in [3.8, 4) is 0 Å². The molecule has 1 N–H and O–H groups in total. The number of sulfone groups is 1. The van der Waals surface area contributed by atoms with Gasteiger partial charge in [-0.25, -0.2) is 8.42 Å². The molecule has 2 heterocycles. The molecule has 0 radical (unpaired) electrons. The average molecular weight is 290 g/mol. The van der Waals surface area contributed by atoms with E-state index in [2.05, 4.69) is 17.3 Å². The van der Waals surface area contributed by atoms with Gasteiger partial charge in [0.05, 0.1) is 17.6 Å². The molecule has 2 rings (SSSR count). The molecule has 2 unspecified atom stereocenters. The van der Waals surface area contributed by atoms with Crippen molar-refractivity contribution in [1.82, 2.24) is 10.2 Å². The number of nitrogens with zero attached hydrogens (tertiary/aromatic N) is 1. The number of hydrogen-bond acceptors (Lipinski definition) is 5. The predicted octanol–water partition coefficient (Wildman–Crippen LogP) is 0.264. The largest absolute Gasteiger partial charge is 0.377 e. The molecular formula is C13H26N2O3S. The lowest BCUT2D eigenvalue weighted by Crippen LogP contribution is -2.46. The minimum atomic E-state index is -2.81. The van der Waals surface area contributed by atoms with E-state index in [0.29, 0.717) is 18.4 Å². The van der Waals surface area contributed by atoms with E-state index in [-0.39, 0.29) is 11.8 Å². The quantitative estimate of drug-likeness (QED) is 0.787. The van der Waals surface area contributed by atoms with Crippen molar-refractivity contribution in [1.29, 1.82) is 0 Å². The summed E-state index contributed by atoms with van der Waals surface area (Å²) in [6, 6.07) is 0.119. The monoisotopic (exact) mass is 290 g/mol. The van der Waals surface area contributed by atoms with Crippen molar-refractivity contribution in [2.45, 2.75) is 37.8 Å². The van der Waals surface area contributed by atoms with E-state index in [4.69, 9.17) is 4.74 Å². The number of hydrogen-bond donors (Lipinski definition) is 1. The number of rotatable bonds is 5. The molecule has 2 saturated heterocycles. The molecule has 0 aromatic heterocycles. The smallest absolute Gasteiger partial charge is 0.153 e. The van der Waals surface area contributed by atoms with Gasteiger partial charge in [0.25, 0.3) is 0 Å². The molecular weight excluding hydrogens is 264 g/mol. The number of nitrogens with one attached hydrogen (secondary N) is 1. The topological polar surface area (TPSA) is 58.6 Å². The molecule has 6 heteroatoms. The first kappa shape index (κ1) is 15.2. The van der Waals surface area contributed by atoms with Gasteiger partial charge in [0, 0.05) is 25.7 Å². The highest BCUT2D eigenvalue weighted by atomic mass is 32.2. The van der Waals surface area contributed by atoms with Crippen molar-refractivity contribution in [2.24, 2.45) is 0 Å². The Bertz CT molecular complexity index is 366. The van der Waals surface area contributed by atoms with Crippen molar-refractivity contribution < 1.29 is 13.2 Å². The van der Waals surface area contributed by atoms with Gasteiger partial charge in [0.15, 0.2) is 9.84 Å². The molecule has 2 fully saturated rings. The van der Waals surface area contributed by atoms with Gasteiger partial charge >= 0.3 is 0 Å². The van der Waals surface area contributed by atoms with Gasteiger partial charge in [-0.3, -0.25) is 0 Å². The van der Waals surface area contributed by atoms with Crippen LogP contribution in [0.15, 0.2) is 0 Å². The van der Waals surface area contributed by atoms with Gasteiger partial charge in [-0.1, -0.05) is 0 Å². The van der Waals surface area contributed by atoms with Crippen LogP contribution >= 0.6 is 0 Å². The van der Waals surface area contributed by atoms with E-state index in [9.17, 15) is 8.42 Å². The maximum absolute atomic E-state index is 11.5. The summed E-state index contributed by atoms with van der Waals surface area (Å²) in [7, 11) is -0.720. The Morgan fingerprint density at radius 1 is 1.37 bits per heavy atom. The molecule has 0 aromatic carbocycles. The normalized spacial score (nSPS) is 31.5. The Kier molecular flexibility index (Phi) is 5.62. The van der Waals surface area contributed by atoms with Gasteiger partial charge < -0.3 is 15.0 Å². The van der Waals surface area contributed by atoms with Gasteiger partial charge in [0.1, 0.15) is 0 Å². The summed E-state index contributed by atoms with van der Waals surface area (Å²) in [5.74, 6) is 0.579. The highest BCUT2D eigenvalue weighted by molar-refractivity contribution is 7.91. The minimum Gasteiger partial charge on any atom is -0.377 e. The Morgan fingerprint density at radius 3 is 2.89 bits per heavy atom. The lowest BCUT2D eigenvalue weighted by Gasteiger charge is -2.29. The number of likely N-dealkylation sites (N-methyl/N-ethyl adjacent to an activating group) is 1. The zero-order valence-electron chi connectivity index (χ0n) is 11.8. The van der Waals surface area contributed by atoms with Crippen molar-refractivity contribution in [3.63, 3.8) is 0 Å². The van der Waals surface area contributed by atoms with E-state index in [1.807, 2.05) is 0 Å². The third kappa shape index (κ3) is 5.38. The molecule has 0 spiro atoms. The minimum absolute atomic E-state index is 0.119. The first-order valence-electron chi connectivity index (χ1n) is 7.29. The van der Waals surface area contributed by atoms with Crippen molar-refractivity contribution >= 4 is 9.84 Å². The molecule has 0 amide bonds. The Balaban J connectivity index is 1.66. The second-order valence-electron chi connectivity index (χ2n) is 5.80. The third-order valence-electron chi connectivity index (χ3n) is 3.95. The third-order valence-corrected chi connectivity index (χ3v) is 5.69. The Hall–Kier alpha value is -0.170. The first-order valence-corrected chi connectivity index (χ1v) is 9.11. The fourth-order valence-corrected chi connectivity index (χ4v) is 4.31. The van der Waals surface area contributed by atoms with E-state index in [1.54, 1.807) is 0 Å². The fraction of sp³-hybridized carbons (Fsp3) is 1.00. The summed E-state index contributed by atoms with van der Waals surface area (Å²) in [4.78, 5) is 2.26. The molecule has 0 aromatic rings. The highest BCUT2D eigenvalue weighted by Crippen LogP contribution is 2.14. The number of ether oxygens (including phenoxy) is 1. The first-order chi connectivity index (χ1) is 9.05. The van der Waals surface area contributed by atoms with Gasteiger partial charge in [-0.05, 0) is 39.3 Å². The Morgan fingerprint density at radius 2 is 2.21 bits per heavy atom. The molecule has 2 aliphatic heterocycles. The van der Waals surface area contributed by atoms with Crippen LogP contribution in [0, 0.1) is 0 Å². The van der Waals surface area contributed by atoms with E-state index in [1.165, 1.54) is 12.8 Å². The predicted molar refractivity (Wildman–Crippen MR) is 76.1 cm³/mol. The van der Waals surface area contributed by atoms with Crippen LogP contribution < -0.4 is 5.32 Å². The molecule has 19 heavy (non-hydrogen) atoms. The standard InChI is InChI=1S/C13H26N2O3S/c1-15(10-13-4-2-3-8-18-13)7-5-12-11-19(16,17)9-6-14-12/h12-14H,2-11H2,1H3. The average Bonchev–Trinajstić information content (AvgIpc) is 2.36. The maximum atomic E-state index is 11.5. The maximum Gasteiger partial charge on any atom is 0.153 e. The summed E-state index contributed by atoms with van der Waals surface area (Å²) < 4.78 is 28.8. The molecule has 0 aliphatic carbocycles. The van der Waals surface area contributed by atoms with Gasteiger partial charge in [-0.15, -0.1) is 0 Å². The van der Waals surface area contributed by atoms with Crippen LogP contribution in [0.5, 0.6) is 0 Å². The lowest BCUT2D eigenvalue weighted by atomic mass is 10.1. The molecule has 2 atom stereocenters. The zero-order valence-corrected chi connectivity index (χ0v) is 12.6. The summed E-state index contributed by atoms with van der Waals surface area (Å²) in [5, 5.41) is 3.30. The summed E-state index contributed by atoms with van der Waals surface area (Å²) >= 11 is 0. The fourth-order valence-electron chi connectivity index (χ4n) is 2.82. The van der Waals surface area contributed by atoms with Crippen LogP contribution in [-0.2, 0) is 14.6 Å². The lowest BCUT2D eigenvalue weighted by molar-refractivity contribution is -0.00180. The van der Waals surface area contributed by atoms with E-state index in [0.717, 1.165) is 32.5 Å². The SMILES string of the molecule is CN(CCC1CS(=O)(=O)CCN1)CC1CCCCO1. The van der Waals surface area contributed by atoms with E-state index < -0.39 is 9.84 Å². The summed E-state index contributed by atoms with van der Waals surface area (Å²) in [6.45, 7) is 3.37. The molecule has 0 bridgehead atoms. The van der Waals surface area contributed by atoms with Gasteiger partial charge in [0.2, 0.25) is 0 Å². The second-order valence-corrected chi connectivity index (χ2v) is 8.03. The zero-order chi connectivity index (χ0) is 13.7. The van der Waals surface area contributed by atoms with Crippen molar-refractivity contribution in [3.05, 3.63) is 0 Å². The second kappa shape index (κ2) is 7.02. The van der Waals surface area contributed by atoms with E-state index >= 15 is 0 Å². The molecule has 112 valence electrons. The Labute approximate surface area is 116 Å². The summed E-state index contributed by atoms with van der Waals surface area (Å²) in [6.07, 6.45) is 4.86. The van der Waals surface area contributed by atoms with Crippen LogP contribution in [0.4, 0.5) is 0 Å². The molecule has 5 nitrogen and oxygen atoms in total. The van der Waals surface area contributed by atoms with Crippen LogP contribution in [0.25, 0.3) is 0 Å².